The number of hydrogen-bond donors (Lipinski definition) is 0. The molecule has 0 aliphatic heterocycles. The molecule has 2 aliphatic rings. The van der Waals surface area contributed by atoms with Crippen LogP contribution in [0, 0.1) is 5.92 Å². The van der Waals surface area contributed by atoms with E-state index in [1.165, 1.54) is 45.2 Å². The summed E-state index contributed by atoms with van der Waals surface area (Å²) >= 11 is 0. The van der Waals surface area contributed by atoms with Crippen LogP contribution >= 0.6 is 0 Å². The summed E-state index contributed by atoms with van der Waals surface area (Å²) in [5, 5.41) is 0. The van der Waals surface area contributed by atoms with E-state index in [-0.39, 0.29) is 0 Å². The number of ether oxygens (including phenoxy) is 1. The van der Waals surface area contributed by atoms with E-state index in [2.05, 4.69) is 36.1 Å². The van der Waals surface area contributed by atoms with Gasteiger partial charge in [-0.1, -0.05) is 31.2 Å². The Kier molecular flexibility index (Phi) is 4.42. The molecule has 0 N–H and O–H groups in total. The maximum atomic E-state index is 5.47. The fourth-order valence-electron chi connectivity index (χ4n) is 3.70. The smallest absolute Gasteiger partial charge is 0.0616 e. The Morgan fingerprint density at radius 3 is 2.75 bits per heavy atom. The van der Waals surface area contributed by atoms with Gasteiger partial charge >= 0.3 is 0 Å². The van der Waals surface area contributed by atoms with Crippen LogP contribution in [0.15, 0.2) is 24.3 Å². The highest BCUT2D eigenvalue weighted by atomic mass is 16.5. The van der Waals surface area contributed by atoms with Crippen LogP contribution in [0.5, 0.6) is 0 Å². The Morgan fingerprint density at radius 2 is 2.05 bits per heavy atom. The number of hydrogen-bond acceptors (Lipinski definition) is 2. The van der Waals surface area contributed by atoms with Gasteiger partial charge in [0.2, 0.25) is 0 Å². The van der Waals surface area contributed by atoms with E-state index in [1.807, 2.05) is 7.11 Å². The quantitative estimate of drug-likeness (QED) is 0.788. The highest BCUT2D eigenvalue weighted by Gasteiger charge is 2.39. The van der Waals surface area contributed by atoms with E-state index in [9.17, 15) is 0 Å². The zero-order valence-electron chi connectivity index (χ0n) is 12.8. The van der Waals surface area contributed by atoms with Crippen LogP contribution in [-0.4, -0.2) is 37.2 Å². The van der Waals surface area contributed by atoms with Gasteiger partial charge in [-0.15, -0.1) is 0 Å². The summed E-state index contributed by atoms with van der Waals surface area (Å²) in [7, 11) is 1.85. The fourth-order valence-corrected chi connectivity index (χ4v) is 3.70. The molecule has 1 aromatic rings. The average Bonchev–Trinajstić information content (AvgIpc) is 3.25. The van der Waals surface area contributed by atoms with Gasteiger partial charge in [-0.25, -0.2) is 0 Å². The first-order valence-electron chi connectivity index (χ1n) is 8.15. The second-order valence-corrected chi connectivity index (χ2v) is 6.43. The number of nitrogens with zero attached hydrogens (tertiary/aromatic N) is 1. The first-order valence-corrected chi connectivity index (χ1v) is 8.15. The lowest BCUT2D eigenvalue weighted by atomic mass is 9.87. The maximum Gasteiger partial charge on any atom is 0.0616 e. The minimum atomic E-state index is 0.533. The Hall–Kier alpha value is -0.860. The van der Waals surface area contributed by atoms with Gasteiger partial charge in [-0.05, 0) is 49.8 Å². The molecule has 0 bridgehead atoms. The molecule has 3 rings (SSSR count). The van der Waals surface area contributed by atoms with Crippen molar-refractivity contribution in [3.8, 4) is 0 Å². The largest absolute Gasteiger partial charge is 0.381 e. The van der Waals surface area contributed by atoms with Crippen LogP contribution < -0.4 is 0 Å². The van der Waals surface area contributed by atoms with Crippen molar-refractivity contribution in [1.82, 2.24) is 4.90 Å². The minimum Gasteiger partial charge on any atom is -0.381 e. The lowest BCUT2D eigenvalue weighted by Gasteiger charge is -2.35. The highest BCUT2D eigenvalue weighted by Crippen LogP contribution is 2.35. The predicted octanol–water partition coefficient (Wildman–Crippen LogP) is 3.29. The van der Waals surface area contributed by atoms with Gasteiger partial charge in [0.1, 0.15) is 0 Å². The molecule has 3 atom stereocenters. The summed E-state index contributed by atoms with van der Waals surface area (Å²) in [6.45, 7) is 4.77. The molecule has 2 heteroatoms. The van der Waals surface area contributed by atoms with E-state index < -0.39 is 0 Å². The SMILES string of the molecule is CCCN(CC1CC1OC)C1CCc2ccccc2C1. The van der Waals surface area contributed by atoms with Crippen molar-refractivity contribution in [3.63, 3.8) is 0 Å². The molecule has 2 nitrogen and oxygen atoms in total. The van der Waals surface area contributed by atoms with E-state index >= 15 is 0 Å². The van der Waals surface area contributed by atoms with E-state index in [4.69, 9.17) is 4.74 Å². The summed E-state index contributed by atoms with van der Waals surface area (Å²) in [5.41, 5.74) is 3.14. The van der Waals surface area contributed by atoms with Crippen LogP contribution in [0.25, 0.3) is 0 Å². The van der Waals surface area contributed by atoms with Crippen molar-refractivity contribution < 1.29 is 4.74 Å². The zero-order chi connectivity index (χ0) is 13.9. The molecule has 3 unspecified atom stereocenters. The van der Waals surface area contributed by atoms with Crippen molar-refractivity contribution in [3.05, 3.63) is 35.4 Å². The molecule has 1 aromatic carbocycles. The molecule has 0 amide bonds. The normalized spacial score (nSPS) is 28.4. The molecule has 1 saturated carbocycles. The summed E-state index contributed by atoms with van der Waals surface area (Å²) in [5.74, 6) is 0.781. The van der Waals surface area contributed by atoms with Crippen LogP contribution in [0.3, 0.4) is 0 Å². The molecule has 0 aromatic heterocycles. The van der Waals surface area contributed by atoms with Gasteiger partial charge in [-0.2, -0.15) is 0 Å². The third-order valence-electron chi connectivity index (χ3n) is 4.98. The number of fused-ring (bicyclic) bond motifs is 1. The number of benzene rings is 1. The van der Waals surface area contributed by atoms with Gasteiger partial charge in [0.15, 0.2) is 0 Å². The molecule has 2 aliphatic carbocycles. The van der Waals surface area contributed by atoms with Gasteiger partial charge < -0.3 is 4.74 Å². The van der Waals surface area contributed by atoms with Gasteiger partial charge in [0.25, 0.3) is 0 Å². The Morgan fingerprint density at radius 1 is 1.25 bits per heavy atom. The summed E-state index contributed by atoms with van der Waals surface area (Å²) in [6.07, 6.45) is 6.86. The third-order valence-corrected chi connectivity index (χ3v) is 4.98. The van der Waals surface area contributed by atoms with Crippen molar-refractivity contribution >= 4 is 0 Å². The molecule has 0 radical (unpaired) electrons. The topological polar surface area (TPSA) is 12.5 Å². The van der Waals surface area contributed by atoms with Gasteiger partial charge in [-0.3, -0.25) is 4.90 Å². The number of rotatable bonds is 6. The standard InChI is InChI=1S/C18H27NO/c1-3-10-19(13-16-12-18(16)20-2)17-9-8-14-6-4-5-7-15(14)11-17/h4-7,16-18H,3,8-13H2,1-2H3. The van der Waals surface area contributed by atoms with Crippen LogP contribution in [0.4, 0.5) is 0 Å². The zero-order valence-corrected chi connectivity index (χ0v) is 12.8. The summed E-state index contributed by atoms with van der Waals surface area (Å²) in [4.78, 5) is 2.74. The lowest BCUT2D eigenvalue weighted by Crippen LogP contribution is -2.41. The molecule has 0 saturated heterocycles. The molecular weight excluding hydrogens is 246 g/mol. The van der Waals surface area contributed by atoms with E-state index in [0.717, 1.165) is 12.0 Å². The summed E-state index contributed by atoms with van der Waals surface area (Å²) < 4.78 is 5.47. The van der Waals surface area contributed by atoms with Crippen LogP contribution in [-0.2, 0) is 17.6 Å². The predicted molar refractivity (Wildman–Crippen MR) is 83.0 cm³/mol. The van der Waals surface area contributed by atoms with Gasteiger partial charge in [0, 0.05) is 25.6 Å². The molecule has 20 heavy (non-hydrogen) atoms. The number of aryl methyl sites for hydroxylation is 1. The van der Waals surface area contributed by atoms with Gasteiger partial charge in [0.05, 0.1) is 6.10 Å². The Bertz CT molecular complexity index is 445. The molecule has 0 heterocycles. The van der Waals surface area contributed by atoms with Crippen molar-refractivity contribution in [2.75, 3.05) is 20.2 Å². The minimum absolute atomic E-state index is 0.533. The fraction of sp³-hybridized carbons (Fsp3) is 0.667. The first kappa shape index (κ1) is 14.1. The number of methoxy groups -OCH3 is 1. The molecule has 1 fully saturated rings. The van der Waals surface area contributed by atoms with Crippen molar-refractivity contribution in [2.24, 2.45) is 5.92 Å². The molecular formula is C18H27NO. The van der Waals surface area contributed by atoms with E-state index in [0.29, 0.717) is 6.10 Å². The molecule has 0 spiro atoms. The van der Waals surface area contributed by atoms with Crippen molar-refractivity contribution in [1.29, 1.82) is 0 Å². The second-order valence-electron chi connectivity index (χ2n) is 6.43. The third kappa shape index (κ3) is 3.07. The Balaban J connectivity index is 1.63. The molecule has 110 valence electrons. The first-order chi connectivity index (χ1) is 9.81. The lowest BCUT2D eigenvalue weighted by molar-refractivity contribution is 0.133. The second kappa shape index (κ2) is 6.28. The average molecular weight is 273 g/mol. The van der Waals surface area contributed by atoms with E-state index in [1.54, 1.807) is 11.1 Å². The highest BCUT2D eigenvalue weighted by molar-refractivity contribution is 5.30. The maximum absolute atomic E-state index is 5.47. The summed E-state index contributed by atoms with van der Waals surface area (Å²) in [6, 6.07) is 9.73. The van der Waals surface area contributed by atoms with Crippen molar-refractivity contribution in [2.45, 2.75) is 51.2 Å². The monoisotopic (exact) mass is 273 g/mol. The Labute approximate surface area is 123 Å². The van der Waals surface area contributed by atoms with Crippen LogP contribution in [0.1, 0.15) is 37.3 Å². The van der Waals surface area contributed by atoms with Crippen LogP contribution in [0.2, 0.25) is 0 Å².